The predicted molar refractivity (Wildman–Crippen MR) is 161 cm³/mol. The lowest BCUT2D eigenvalue weighted by atomic mass is 9.67. The lowest BCUT2D eigenvalue weighted by Gasteiger charge is -2.34. The number of furan rings is 1. The fourth-order valence-corrected chi connectivity index (χ4v) is 6.80. The zero-order valence-corrected chi connectivity index (χ0v) is 21.7. The standard InChI is InChI=1S/C38H26O/c1-25-23-32(37-33(24-25)31-15-7-10-18-36(31)39-37)26-19-21-28(22-20-26)38(27-11-3-2-4-12-27)34-16-8-5-13-29(34)30-14-6-9-17-35(30)38/h2-24H,1H3. The molecule has 8 rings (SSSR count). The minimum atomic E-state index is -0.381. The fourth-order valence-electron chi connectivity index (χ4n) is 6.80. The largest absolute Gasteiger partial charge is 0.455 e. The predicted octanol–water partition coefficient (Wildman–Crippen LogP) is 9.92. The highest BCUT2D eigenvalue weighted by Gasteiger charge is 2.45. The van der Waals surface area contributed by atoms with Crippen LogP contribution in [0.3, 0.4) is 0 Å². The van der Waals surface area contributed by atoms with Gasteiger partial charge in [0.15, 0.2) is 0 Å². The van der Waals surface area contributed by atoms with Crippen LogP contribution in [0.4, 0.5) is 0 Å². The van der Waals surface area contributed by atoms with Gasteiger partial charge in [-0.15, -0.1) is 0 Å². The Balaban J connectivity index is 1.37. The molecule has 0 atom stereocenters. The zero-order valence-electron chi connectivity index (χ0n) is 21.7. The van der Waals surface area contributed by atoms with Gasteiger partial charge >= 0.3 is 0 Å². The number of benzene rings is 6. The highest BCUT2D eigenvalue weighted by atomic mass is 16.3. The molecule has 0 spiro atoms. The maximum absolute atomic E-state index is 6.41. The van der Waals surface area contributed by atoms with Crippen molar-refractivity contribution >= 4 is 21.9 Å². The summed E-state index contributed by atoms with van der Waals surface area (Å²) >= 11 is 0. The second-order valence-electron chi connectivity index (χ2n) is 10.6. The molecule has 1 aromatic heterocycles. The number of para-hydroxylation sites is 1. The third-order valence-electron chi connectivity index (χ3n) is 8.41. The zero-order chi connectivity index (χ0) is 26.0. The van der Waals surface area contributed by atoms with Crippen LogP contribution in [0.25, 0.3) is 44.2 Å². The normalized spacial score (nSPS) is 13.5. The van der Waals surface area contributed by atoms with Crippen LogP contribution in [0, 0.1) is 6.92 Å². The summed E-state index contributed by atoms with van der Waals surface area (Å²) in [7, 11) is 0. The molecule has 1 aliphatic carbocycles. The molecule has 0 saturated carbocycles. The molecule has 0 saturated heterocycles. The molecule has 0 amide bonds. The van der Waals surface area contributed by atoms with Crippen molar-refractivity contribution in [1.29, 1.82) is 0 Å². The number of aryl methyl sites for hydroxylation is 1. The van der Waals surface area contributed by atoms with Crippen LogP contribution in [-0.2, 0) is 5.41 Å². The van der Waals surface area contributed by atoms with Gasteiger partial charge in [0.1, 0.15) is 11.2 Å². The first-order valence-corrected chi connectivity index (χ1v) is 13.5. The fraction of sp³-hybridized carbons (Fsp3) is 0.0526. The summed E-state index contributed by atoms with van der Waals surface area (Å²) in [6.07, 6.45) is 0. The van der Waals surface area contributed by atoms with Gasteiger partial charge < -0.3 is 4.42 Å². The van der Waals surface area contributed by atoms with Gasteiger partial charge in [-0.05, 0) is 69.6 Å². The van der Waals surface area contributed by atoms with Crippen molar-refractivity contribution in [1.82, 2.24) is 0 Å². The van der Waals surface area contributed by atoms with Crippen molar-refractivity contribution in [3.05, 3.63) is 167 Å². The lowest BCUT2D eigenvalue weighted by molar-refractivity contribution is 0.670. The average molecular weight is 499 g/mol. The monoisotopic (exact) mass is 498 g/mol. The highest BCUT2D eigenvalue weighted by Crippen LogP contribution is 2.56. The molecular formula is C38H26O. The first kappa shape index (κ1) is 22.1. The molecule has 0 bridgehead atoms. The molecule has 0 fully saturated rings. The van der Waals surface area contributed by atoms with Crippen molar-refractivity contribution in [3.63, 3.8) is 0 Å². The second kappa shape index (κ2) is 8.31. The minimum Gasteiger partial charge on any atom is -0.455 e. The first-order valence-electron chi connectivity index (χ1n) is 13.5. The van der Waals surface area contributed by atoms with Crippen LogP contribution >= 0.6 is 0 Å². The Labute approximate surface area is 228 Å². The van der Waals surface area contributed by atoms with E-state index in [2.05, 4.69) is 140 Å². The summed E-state index contributed by atoms with van der Waals surface area (Å²) < 4.78 is 6.41. The van der Waals surface area contributed by atoms with Crippen LogP contribution < -0.4 is 0 Å². The van der Waals surface area contributed by atoms with E-state index < -0.39 is 0 Å². The molecule has 184 valence electrons. The second-order valence-corrected chi connectivity index (χ2v) is 10.6. The average Bonchev–Trinajstić information content (AvgIpc) is 3.52. The SMILES string of the molecule is Cc1cc(-c2ccc(C3(c4ccccc4)c4ccccc4-c4ccccc43)cc2)c2oc3ccccc3c2c1. The molecule has 1 heteroatoms. The van der Waals surface area contributed by atoms with Gasteiger partial charge in [-0.1, -0.05) is 121 Å². The third-order valence-corrected chi connectivity index (χ3v) is 8.41. The van der Waals surface area contributed by atoms with Crippen LogP contribution in [0.2, 0.25) is 0 Å². The minimum absolute atomic E-state index is 0.381. The van der Waals surface area contributed by atoms with E-state index >= 15 is 0 Å². The van der Waals surface area contributed by atoms with Crippen LogP contribution in [0.1, 0.15) is 27.8 Å². The summed E-state index contributed by atoms with van der Waals surface area (Å²) in [5, 5.41) is 2.33. The van der Waals surface area contributed by atoms with Crippen molar-refractivity contribution in [2.24, 2.45) is 0 Å². The molecule has 0 aliphatic heterocycles. The van der Waals surface area contributed by atoms with E-state index in [4.69, 9.17) is 4.42 Å². The Hall–Kier alpha value is -4.88. The van der Waals surface area contributed by atoms with Gasteiger partial charge in [-0.2, -0.15) is 0 Å². The van der Waals surface area contributed by atoms with E-state index in [1.54, 1.807) is 0 Å². The molecule has 39 heavy (non-hydrogen) atoms. The summed E-state index contributed by atoms with van der Waals surface area (Å²) in [5.41, 5.74) is 12.9. The molecule has 6 aromatic carbocycles. The van der Waals surface area contributed by atoms with Gasteiger partial charge in [-0.25, -0.2) is 0 Å². The maximum atomic E-state index is 6.41. The lowest BCUT2D eigenvalue weighted by Crippen LogP contribution is -2.28. The third kappa shape index (κ3) is 3.08. The van der Waals surface area contributed by atoms with E-state index in [1.165, 1.54) is 44.3 Å². The molecule has 0 radical (unpaired) electrons. The molecule has 7 aromatic rings. The van der Waals surface area contributed by atoms with Crippen LogP contribution in [-0.4, -0.2) is 0 Å². The number of fused-ring (bicyclic) bond motifs is 6. The van der Waals surface area contributed by atoms with E-state index in [0.717, 1.165) is 27.7 Å². The molecule has 0 N–H and O–H groups in total. The van der Waals surface area contributed by atoms with Gasteiger partial charge in [-0.3, -0.25) is 0 Å². The quantitative estimate of drug-likeness (QED) is 0.236. The van der Waals surface area contributed by atoms with Crippen molar-refractivity contribution < 1.29 is 4.42 Å². The Bertz CT molecular complexity index is 1960. The van der Waals surface area contributed by atoms with Crippen LogP contribution in [0.15, 0.2) is 144 Å². The molecule has 1 heterocycles. The van der Waals surface area contributed by atoms with Crippen molar-refractivity contribution in [3.8, 4) is 22.3 Å². The topological polar surface area (TPSA) is 13.1 Å². The first-order chi connectivity index (χ1) is 19.2. The smallest absolute Gasteiger partial charge is 0.143 e. The van der Waals surface area contributed by atoms with E-state index in [0.29, 0.717) is 0 Å². The summed E-state index contributed by atoms with van der Waals surface area (Å²) in [6, 6.07) is 50.7. The van der Waals surface area contributed by atoms with Crippen molar-refractivity contribution in [2.45, 2.75) is 12.3 Å². The van der Waals surface area contributed by atoms with Crippen molar-refractivity contribution in [2.75, 3.05) is 0 Å². The Morgan fingerprint density at radius 1 is 0.487 bits per heavy atom. The number of hydrogen-bond donors (Lipinski definition) is 0. The van der Waals surface area contributed by atoms with E-state index in [1.807, 2.05) is 6.07 Å². The Kier molecular flexibility index (Phi) is 4.72. The molecule has 0 unspecified atom stereocenters. The molecular weight excluding hydrogens is 472 g/mol. The number of hydrogen-bond acceptors (Lipinski definition) is 1. The van der Waals surface area contributed by atoms with Crippen LogP contribution in [0.5, 0.6) is 0 Å². The summed E-state index contributed by atoms with van der Waals surface area (Å²) in [6.45, 7) is 2.16. The van der Waals surface area contributed by atoms with E-state index in [9.17, 15) is 0 Å². The van der Waals surface area contributed by atoms with Gasteiger partial charge in [0.2, 0.25) is 0 Å². The summed E-state index contributed by atoms with van der Waals surface area (Å²) in [4.78, 5) is 0. The molecule has 1 nitrogen and oxygen atoms in total. The summed E-state index contributed by atoms with van der Waals surface area (Å²) in [5.74, 6) is 0. The highest BCUT2D eigenvalue weighted by molar-refractivity contribution is 6.09. The van der Waals surface area contributed by atoms with Gasteiger partial charge in [0.25, 0.3) is 0 Å². The number of rotatable bonds is 3. The van der Waals surface area contributed by atoms with Gasteiger partial charge in [0.05, 0.1) is 5.41 Å². The molecule has 1 aliphatic rings. The van der Waals surface area contributed by atoms with Gasteiger partial charge in [0, 0.05) is 16.3 Å². The Morgan fingerprint density at radius 3 is 1.79 bits per heavy atom. The Morgan fingerprint density at radius 2 is 1.08 bits per heavy atom. The van der Waals surface area contributed by atoms with E-state index in [-0.39, 0.29) is 5.41 Å². The maximum Gasteiger partial charge on any atom is 0.143 e.